The maximum Gasteiger partial charge on any atom is 0.178 e. The number of carbonyl (C=O) groups is 2. The molecule has 0 amide bonds. The Hall–Kier alpha value is -4.56. The van der Waals surface area contributed by atoms with Gasteiger partial charge in [-0.1, -0.05) is 124 Å². The second-order valence-corrected chi connectivity index (χ2v) is 16.1. The Bertz CT molecular complexity index is 1520. The molecule has 300 valence electrons. The first-order chi connectivity index (χ1) is 26.2. The molecule has 0 saturated carbocycles. The summed E-state index contributed by atoms with van der Waals surface area (Å²) in [6, 6.07) is 15.2. The average molecular weight is 755 g/mol. The topological polar surface area (TPSA) is 119 Å². The van der Waals surface area contributed by atoms with Crippen LogP contribution in [0.2, 0.25) is 0 Å². The van der Waals surface area contributed by atoms with E-state index >= 15 is 0 Å². The van der Waals surface area contributed by atoms with Gasteiger partial charge in [-0.25, -0.2) is 0 Å². The molecule has 0 atom stereocenters. The summed E-state index contributed by atoms with van der Waals surface area (Å²) >= 11 is 0. The van der Waals surface area contributed by atoms with E-state index in [2.05, 4.69) is 0 Å². The van der Waals surface area contributed by atoms with E-state index in [4.69, 9.17) is 18.9 Å². The minimum absolute atomic E-state index is 0.135. The summed E-state index contributed by atoms with van der Waals surface area (Å²) in [5, 5.41) is 19.1. The summed E-state index contributed by atoms with van der Waals surface area (Å²) < 4.78 is 23.7. The molecular weight excluding hydrogens is 689 g/mol. The van der Waals surface area contributed by atoms with Crippen molar-refractivity contribution < 1.29 is 28.5 Å². The maximum atomic E-state index is 12.6. The normalized spacial score (nSPS) is 12.1. The highest BCUT2D eigenvalue weighted by molar-refractivity contribution is 6.06. The molecule has 0 aliphatic carbocycles. The number of carbonyl (C=O) groups excluding carboxylic acids is 2. The van der Waals surface area contributed by atoms with Crippen LogP contribution in [0, 0.1) is 33.5 Å². The third-order valence-corrected chi connectivity index (χ3v) is 9.05. The largest absolute Gasteiger partial charge is 0.490 e. The Morgan fingerprint density at radius 3 is 1.09 bits per heavy atom. The van der Waals surface area contributed by atoms with Gasteiger partial charge in [-0.3, -0.25) is 9.59 Å². The molecule has 2 aromatic rings. The number of hydrogen-bond acceptors (Lipinski definition) is 8. The molecule has 0 aliphatic heterocycles. The van der Waals surface area contributed by atoms with E-state index < -0.39 is 10.8 Å². The van der Waals surface area contributed by atoms with Crippen LogP contribution in [-0.4, -0.2) is 38.0 Å². The number of allylic oxidation sites excluding steroid dienone is 2. The van der Waals surface area contributed by atoms with Gasteiger partial charge in [0.1, 0.15) is 12.1 Å². The van der Waals surface area contributed by atoms with E-state index in [-0.39, 0.29) is 22.7 Å². The molecule has 0 N–H and O–H groups in total. The second-order valence-electron chi connectivity index (χ2n) is 16.1. The number of nitrogens with zero attached hydrogens (tertiary/aromatic N) is 2. The van der Waals surface area contributed by atoms with E-state index in [9.17, 15) is 20.1 Å². The monoisotopic (exact) mass is 754 g/mol. The number of ketones is 2. The van der Waals surface area contributed by atoms with Crippen molar-refractivity contribution in [1.29, 1.82) is 10.5 Å². The van der Waals surface area contributed by atoms with Gasteiger partial charge in [-0.15, -0.1) is 0 Å². The zero-order valence-electron chi connectivity index (χ0n) is 35.0. The minimum atomic E-state index is -0.622. The highest BCUT2D eigenvalue weighted by Crippen LogP contribution is 2.32. The fraction of sp³-hybridized carbons (Fsp3) is 0.574. The molecule has 0 unspecified atom stereocenters. The van der Waals surface area contributed by atoms with Crippen molar-refractivity contribution in [2.75, 3.05) is 26.4 Å². The lowest BCUT2D eigenvalue weighted by Crippen LogP contribution is -2.21. The molecule has 0 aromatic heterocycles. The van der Waals surface area contributed by atoms with Crippen molar-refractivity contribution in [2.45, 2.75) is 139 Å². The van der Waals surface area contributed by atoms with Crippen LogP contribution in [0.1, 0.15) is 150 Å². The highest BCUT2D eigenvalue weighted by Gasteiger charge is 2.26. The lowest BCUT2D eigenvalue weighted by atomic mass is 9.86. The van der Waals surface area contributed by atoms with Gasteiger partial charge in [0.15, 0.2) is 34.6 Å². The summed E-state index contributed by atoms with van der Waals surface area (Å²) in [5.41, 5.74) is 0.502. The Balaban J connectivity index is 1.57. The molecule has 8 nitrogen and oxygen atoms in total. The van der Waals surface area contributed by atoms with E-state index in [1.165, 1.54) is 57.8 Å². The summed E-state index contributed by atoms with van der Waals surface area (Å²) in [4.78, 5) is 25.2. The van der Waals surface area contributed by atoms with E-state index in [0.717, 1.165) is 36.8 Å². The van der Waals surface area contributed by atoms with Gasteiger partial charge in [-0.2, -0.15) is 10.5 Å². The van der Waals surface area contributed by atoms with E-state index in [1.807, 2.05) is 104 Å². The summed E-state index contributed by atoms with van der Waals surface area (Å²) in [6.07, 6.45) is 18.8. The van der Waals surface area contributed by atoms with Crippen LogP contribution in [0.3, 0.4) is 0 Å². The quantitative estimate of drug-likeness (QED) is 0.0529. The fourth-order valence-electron chi connectivity index (χ4n) is 5.96. The van der Waals surface area contributed by atoms with Gasteiger partial charge in [0.2, 0.25) is 0 Å². The fourth-order valence-corrected chi connectivity index (χ4v) is 5.96. The first kappa shape index (κ1) is 46.6. The molecule has 55 heavy (non-hydrogen) atoms. The van der Waals surface area contributed by atoms with Crippen LogP contribution >= 0.6 is 0 Å². The van der Waals surface area contributed by atoms with Crippen molar-refractivity contribution in [2.24, 2.45) is 10.8 Å². The zero-order chi connectivity index (χ0) is 40.7. The molecule has 0 spiro atoms. The van der Waals surface area contributed by atoms with Crippen LogP contribution in [0.15, 0.2) is 47.5 Å². The first-order valence-electron chi connectivity index (χ1n) is 20.4. The summed E-state index contributed by atoms with van der Waals surface area (Å²) in [5.74, 6) is 2.25. The Kier molecular flexibility index (Phi) is 21.0. The number of benzene rings is 2. The lowest BCUT2D eigenvalue weighted by Gasteiger charge is -2.16. The number of unbranched alkanes of at least 4 members (excludes halogenated alkanes) is 12. The summed E-state index contributed by atoms with van der Waals surface area (Å²) in [6.45, 7) is 16.9. The molecule has 2 aromatic carbocycles. The van der Waals surface area contributed by atoms with Crippen LogP contribution in [0.25, 0.3) is 12.2 Å². The van der Waals surface area contributed by atoms with Crippen molar-refractivity contribution in [1.82, 2.24) is 0 Å². The molecule has 0 radical (unpaired) electrons. The predicted octanol–water partition coefficient (Wildman–Crippen LogP) is 12.1. The smallest absolute Gasteiger partial charge is 0.178 e. The van der Waals surface area contributed by atoms with Gasteiger partial charge >= 0.3 is 0 Å². The number of nitriles is 2. The lowest BCUT2D eigenvalue weighted by molar-refractivity contribution is -0.122. The molecule has 0 fully saturated rings. The molecule has 0 bridgehead atoms. The van der Waals surface area contributed by atoms with Crippen LogP contribution in [0.4, 0.5) is 0 Å². The average Bonchev–Trinajstić information content (AvgIpc) is 3.14. The first-order valence-corrected chi connectivity index (χ1v) is 20.4. The molecule has 0 heterocycles. The Labute approximate surface area is 331 Å². The van der Waals surface area contributed by atoms with Gasteiger partial charge in [0.05, 0.1) is 37.6 Å². The highest BCUT2D eigenvalue weighted by atomic mass is 16.5. The second kappa shape index (κ2) is 24.8. The van der Waals surface area contributed by atoms with Crippen molar-refractivity contribution in [3.8, 4) is 35.1 Å². The van der Waals surface area contributed by atoms with Crippen molar-refractivity contribution in [3.05, 3.63) is 58.7 Å². The SMILES string of the molecule is CCOc1cc(C=C(C#N)C(=O)C(C)(C)C)ccc1OCCCCCCCCCCCCCCCOc1ccc(C=C(C#N)C(=O)C(C)(C)C)cc1OCC. The van der Waals surface area contributed by atoms with Crippen LogP contribution in [0.5, 0.6) is 23.0 Å². The predicted molar refractivity (Wildman–Crippen MR) is 222 cm³/mol. The van der Waals surface area contributed by atoms with E-state index in [1.54, 1.807) is 12.2 Å². The molecular formula is C47H66N2O6. The van der Waals surface area contributed by atoms with Gasteiger partial charge in [0.25, 0.3) is 0 Å². The maximum absolute atomic E-state index is 12.6. The number of hydrogen-bond donors (Lipinski definition) is 0. The van der Waals surface area contributed by atoms with Crippen molar-refractivity contribution >= 4 is 23.7 Å². The number of ether oxygens (including phenoxy) is 4. The number of Topliss-reactive ketones (excluding diaryl/α,β-unsaturated/α-hetero) is 2. The van der Waals surface area contributed by atoms with Crippen LogP contribution in [-0.2, 0) is 9.59 Å². The molecule has 8 heteroatoms. The summed E-state index contributed by atoms with van der Waals surface area (Å²) in [7, 11) is 0. The van der Waals surface area contributed by atoms with Gasteiger partial charge < -0.3 is 18.9 Å². The molecule has 0 saturated heterocycles. The van der Waals surface area contributed by atoms with Crippen molar-refractivity contribution in [3.63, 3.8) is 0 Å². The Morgan fingerprint density at radius 2 is 0.818 bits per heavy atom. The van der Waals surface area contributed by atoms with Crippen LogP contribution < -0.4 is 18.9 Å². The molecule has 0 aliphatic rings. The van der Waals surface area contributed by atoms with E-state index in [0.29, 0.717) is 49.4 Å². The standard InChI is InChI=1S/C47H66N2O6/c1-9-52-42-32-36(30-38(34-48)44(50)46(3,4)5)24-26-40(42)54-28-22-20-18-16-14-12-11-13-15-17-19-21-23-29-55-41-27-25-37(33-43(41)53-10-2)31-39(35-49)45(51)47(6,7)8/h24-27,30-33H,9-23,28-29H2,1-8H3. The zero-order valence-corrected chi connectivity index (χ0v) is 35.0. The molecule has 2 rings (SSSR count). The van der Waals surface area contributed by atoms with Gasteiger partial charge in [0, 0.05) is 10.8 Å². The Morgan fingerprint density at radius 1 is 0.509 bits per heavy atom. The number of rotatable bonds is 26. The van der Waals surface area contributed by atoms with Gasteiger partial charge in [-0.05, 0) is 74.2 Å². The third kappa shape index (κ3) is 17.6. The third-order valence-electron chi connectivity index (χ3n) is 9.05. The minimum Gasteiger partial charge on any atom is -0.490 e.